The van der Waals surface area contributed by atoms with Gasteiger partial charge in [-0.25, -0.2) is 9.18 Å². The summed E-state index contributed by atoms with van der Waals surface area (Å²) in [6.45, 7) is 5.40. The first-order valence-electron chi connectivity index (χ1n) is 10.7. The van der Waals surface area contributed by atoms with Crippen molar-refractivity contribution < 1.29 is 28.6 Å². The van der Waals surface area contributed by atoms with Gasteiger partial charge in [-0.1, -0.05) is 24.3 Å². The predicted molar refractivity (Wildman–Crippen MR) is 117 cm³/mol. The molecule has 0 aliphatic carbocycles. The van der Waals surface area contributed by atoms with E-state index in [0.717, 1.165) is 5.56 Å². The fraction of sp³-hybridized carbons (Fsp3) is 0.417. The van der Waals surface area contributed by atoms with Gasteiger partial charge >= 0.3 is 5.97 Å². The van der Waals surface area contributed by atoms with E-state index in [-0.39, 0.29) is 54.9 Å². The highest BCUT2D eigenvalue weighted by atomic mass is 19.1. The fourth-order valence-corrected chi connectivity index (χ4v) is 3.79. The second kappa shape index (κ2) is 11.1. The maximum Gasteiger partial charge on any atom is 0.342 e. The number of ether oxygens (including phenoxy) is 2. The second-order valence-electron chi connectivity index (χ2n) is 7.94. The third kappa shape index (κ3) is 6.05. The molecule has 32 heavy (non-hydrogen) atoms. The van der Waals surface area contributed by atoms with E-state index in [2.05, 4.69) is 11.8 Å². The maximum atomic E-state index is 13.2. The molecular weight excluding hydrogens is 415 g/mol. The SMILES string of the molecule is C[C@@H]1CN(Cc2ccc(F)cc2)[C@@H](C)CN1C(=O)COc1ccccc1C(=O)OCCO. The first kappa shape index (κ1) is 23.7. The van der Waals surface area contributed by atoms with Crippen LogP contribution in [0.1, 0.15) is 29.8 Å². The Morgan fingerprint density at radius 2 is 1.78 bits per heavy atom. The molecule has 1 saturated heterocycles. The number of amides is 1. The lowest BCUT2D eigenvalue weighted by Crippen LogP contribution is -2.58. The second-order valence-corrected chi connectivity index (χ2v) is 7.94. The molecule has 1 amide bonds. The Bertz CT molecular complexity index is 921. The van der Waals surface area contributed by atoms with Gasteiger partial charge in [0.1, 0.15) is 23.7 Å². The summed E-state index contributed by atoms with van der Waals surface area (Å²) in [5.74, 6) is -0.768. The highest BCUT2D eigenvalue weighted by Crippen LogP contribution is 2.21. The van der Waals surface area contributed by atoms with Crippen molar-refractivity contribution in [2.24, 2.45) is 0 Å². The van der Waals surface area contributed by atoms with Crippen LogP contribution in [0.15, 0.2) is 48.5 Å². The lowest BCUT2D eigenvalue weighted by atomic mass is 10.1. The molecule has 0 radical (unpaired) electrons. The van der Waals surface area contributed by atoms with Crippen LogP contribution in [0.2, 0.25) is 0 Å². The van der Waals surface area contributed by atoms with Gasteiger partial charge < -0.3 is 19.5 Å². The van der Waals surface area contributed by atoms with E-state index in [4.69, 9.17) is 14.6 Å². The highest BCUT2D eigenvalue weighted by molar-refractivity contribution is 5.92. The summed E-state index contributed by atoms with van der Waals surface area (Å²) in [7, 11) is 0. The Kier molecular flexibility index (Phi) is 8.19. The number of aliphatic hydroxyl groups excluding tert-OH is 1. The number of piperazine rings is 1. The lowest BCUT2D eigenvalue weighted by molar-refractivity contribution is -0.139. The van der Waals surface area contributed by atoms with Crippen LogP contribution < -0.4 is 4.74 Å². The van der Waals surface area contributed by atoms with Crippen molar-refractivity contribution in [2.45, 2.75) is 32.5 Å². The Labute approximate surface area is 187 Å². The number of benzene rings is 2. The van der Waals surface area contributed by atoms with Crippen molar-refractivity contribution in [1.82, 2.24) is 9.80 Å². The minimum atomic E-state index is -0.613. The summed E-state index contributed by atoms with van der Waals surface area (Å²) in [5, 5.41) is 8.83. The van der Waals surface area contributed by atoms with E-state index < -0.39 is 5.97 Å². The molecule has 8 heteroatoms. The Hall–Kier alpha value is -2.97. The molecule has 0 spiro atoms. The number of para-hydroxylation sites is 1. The molecule has 0 unspecified atom stereocenters. The van der Waals surface area contributed by atoms with Gasteiger partial charge in [0, 0.05) is 31.7 Å². The van der Waals surface area contributed by atoms with Crippen molar-refractivity contribution in [1.29, 1.82) is 0 Å². The van der Waals surface area contributed by atoms with Gasteiger partial charge in [-0.15, -0.1) is 0 Å². The molecule has 1 aliphatic rings. The summed E-state index contributed by atoms with van der Waals surface area (Å²) in [5.41, 5.74) is 1.23. The Morgan fingerprint density at radius 1 is 1.06 bits per heavy atom. The van der Waals surface area contributed by atoms with Crippen LogP contribution >= 0.6 is 0 Å². The standard InChI is InChI=1S/C24H29FN2O5/c1-17-14-27(18(2)13-26(17)15-19-7-9-20(25)10-8-19)23(29)16-32-22-6-4-3-5-21(22)24(30)31-12-11-28/h3-10,17-18,28H,11-16H2,1-2H3/t17-,18+/m0/s1. The molecule has 1 N–H and O–H groups in total. The minimum Gasteiger partial charge on any atom is -0.483 e. The summed E-state index contributed by atoms with van der Waals surface area (Å²) in [6, 6.07) is 13.1. The van der Waals surface area contributed by atoms with E-state index >= 15 is 0 Å². The van der Waals surface area contributed by atoms with Crippen molar-refractivity contribution in [2.75, 3.05) is 32.9 Å². The van der Waals surface area contributed by atoms with Crippen molar-refractivity contribution >= 4 is 11.9 Å². The normalized spacial score (nSPS) is 18.9. The molecule has 0 bridgehead atoms. The Balaban J connectivity index is 1.57. The number of hydrogen-bond acceptors (Lipinski definition) is 6. The van der Waals surface area contributed by atoms with E-state index in [0.29, 0.717) is 19.6 Å². The van der Waals surface area contributed by atoms with Gasteiger partial charge in [0.05, 0.1) is 6.61 Å². The maximum absolute atomic E-state index is 13.2. The quantitative estimate of drug-likeness (QED) is 0.631. The molecule has 1 heterocycles. The molecule has 3 rings (SSSR count). The number of nitrogens with zero attached hydrogens (tertiary/aromatic N) is 2. The van der Waals surface area contributed by atoms with Gasteiger partial charge in [-0.05, 0) is 43.7 Å². The van der Waals surface area contributed by atoms with Gasteiger partial charge in [0.2, 0.25) is 0 Å². The zero-order valence-electron chi connectivity index (χ0n) is 18.4. The van der Waals surface area contributed by atoms with Gasteiger partial charge in [0.25, 0.3) is 5.91 Å². The zero-order valence-corrected chi connectivity index (χ0v) is 18.4. The molecule has 1 fully saturated rings. The first-order chi connectivity index (χ1) is 15.4. The third-order valence-corrected chi connectivity index (χ3v) is 5.52. The van der Waals surface area contributed by atoms with Crippen molar-refractivity contribution in [3.05, 3.63) is 65.5 Å². The fourth-order valence-electron chi connectivity index (χ4n) is 3.79. The van der Waals surface area contributed by atoms with Crippen LogP contribution in [-0.4, -0.2) is 71.8 Å². The average molecular weight is 445 g/mol. The minimum absolute atomic E-state index is 0.0208. The zero-order chi connectivity index (χ0) is 23.1. The van der Waals surface area contributed by atoms with E-state index in [9.17, 15) is 14.0 Å². The Morgan fingerprint density at radius 3 is 2.50 bits per heavy atom. The first-order valence-corrected chi connectivity index (χ1v) is 10.7. The molecule has 7 nitrogen and oxygen atoms in total. The molecule has 0 saturated carbocycles. The van der Waals surface area contributed by atoms with E-state index in [1.807, 2.05) is 6.92 Å². The average Bonchev–Trinajstić information content (AvgIpc) is 2.79. The lowest BCUT2D eigenvalue weighted by Gasteiger charge is -2.44. The number of carbonyl (C=O) groups excluding carboxylic acids is 2. The van der Waals surface area contributed by atoms with Gasteiger partial charge in [0.15, 0.2) is 6.61 Å². The topological polar surface area (TPSA) is 79.3 Å². The van der Waals surface area contributed by atoms with Crippen LogP contribution in [0.4, 0.5) is 4.39 Å². The molecule has 2 aromatic rings. The molecular formula is C24H29FN2O5. The summed E-state index contributed by atoms with van der Waals surface area (Å²) in [6.07, 6.45) is 0. The summed E-state index contributed by atoms with van der Waals surface area (Å²) < 4.78 is 23.8. The van der Waals surface area contributed by atoms with Gasteiger partial charge in [-0.2, -0.15) is 0 Å². The molecule has 0 aromatic heterocycles. The van der Waals surface area contributed by atoms with Crippen molar-refractivity contribution in [3.63, 3.8) is 0 Å². The van der Waals surface area contributed by atoms with Crippen LogP contribution in [0.25, 0.3) is 0 Å². The third-order valence-electron chi connectivity index (χ3n) is 5.52. The van der Waals surface area contributed by atoms with Crippen LogP contribution in [0.5, 0.6) is 5.75 Å². The molecule has 2 atom stereocenters. The number of aliphatic hydroxyl groups is 1. The molecule has 2 aromatic carbocycles. The van der Waals surface area contributed by atoms with Crippen LogP contribution in [0.3, 0.4) is 0 Å². The number of esters is 1. The molecule has 1 aliphatic heterocycles. The van der Waals surface area contributed by atoms with Crippen molar-refractivity contribution in [3.8, 4) is 5.75 Å². The number of halogens is 1. The number of carbonyl (C=O) groups is 2. The van der Waals surface area contributed by atoms with Crippen LogP contribution in [0, 0.1) is 5.82 Å². The number of hydrogen-bond donors (Lipinski definition) is 1. The highest BCUT2D eigenvalue weighted by Gasteiger charge is 2.32. The number of rotatable bonds is 8. The van der Waals surface area contributed by atoms with E-state index in [1.165, 1.54) is 12.1 Å². The summed E-state index contributed by atoms with van der Waals surface area (Å²) in [4.78, 5) is 29.1. The summed E-state index contributed by atoms with van der Waals surface area (Å²) >= 11 is 0. The monoisotopic (exact) mass is 444 g/mol. The van der Waals surface area contributed by atoms with Gasteiger partial charge in [-0.3, -0.25) is 9.69 Å². The largest absolute Gasteiger partial charge is 0.483 e. The van der Waals surface area contributed by atoms with Crippen LogP contribution in [-0.2, 0) is 16.1 Å². The smallest absolute Gasteiger partial charge is 0.342 e. The van der Waals surface area contributed by atoms with E-state index in [1.54, 1.807) is 41.3 Å². The molecule has 172 valence electrons. The predicted octanol–water partition coefficient (Wildman–Crippen LogP) is 2.48.